The summed E-state index contributed by atoms with van der Waals surface area (Å²) in [6, 6.07) is 10.1. The van der Waals surface area contributed by atoms with Crippen molar-refractivity contribution in [3.05, 3.63) is 57.8 Å². The minimum atomic E-state index is -0.315. The van der Waals surface area contributed by atoms with Gasteiger partial charge in [0.25, 0.3) is 5.91 Å². The third kappa shape index (κ3) is 4.54. The smallest absolute Gasteiger partial charge is 0.257 e. The van der Waals surface area contributed by atoms with Gasteiger partial charge in [0.05, 0.1) is 0 Å². The fraction of sp³-hybridized carbons (Fsp3) is 0.0667. The predicted octanol–water partition coefficient (Wildman–Crippen LogP) is 3.98. The third-order valence-electron chi connectivity index (χ3n) is 2.74. The third-order valence-corrected chi connectivity index (χ3v) is 3.78. The van der Waals surface area contributed by atoms with Crippen LogP contribution in [0.25, 0.3) is 0 Å². The summed E-state index contributed by atoms with van der Waals surface area (Å²) in [6.45, 7) is 0. The van der Waals surface area contributed by atoms with Crippen LogP contribution in [0.2, 0.25) is 10.3 Å². The van der Waals surface area contributed by atoms with Crippen molar-refractivity contribution in [1.29, 1.82) is 0 Å². The summed E-state index contributed by atoms with van der Waals surface area (Å²) in [5.41, 5.74) is 0.837. The Balaban J connectivity index is 2.33. The Morgan fingerprint density at radius 3 is 2.61 bits per heavy atom. The molecule has 0 spiro atoms. The number of amidine groups is 1. The number of aldehydes is 1. The number of aliphatic imine (C=N–C) groups is 1. The largest absolute Gasteiger partial charge is 0.301 e. The van der Waals surface area contributed by atoms with Crippen LogP contribution in [-0.4, -0.2) is 28.6 Å². The molecule has 0 aliphatic rings. The molecule has 0 fully saturated rings. The van der Waals surface area contributed by atoms with Crippen molar-refractivity contribution < 1.29 is 9.59 Å². The summed E-state index contributed by atoms with van der Waals surface area (Å²) in [4.78, 5) is 31.4. The van der Waals surface area contributed by atoms with Crippen molar-refractivity contribution in [3.63, 3.8) is 0 Å². The summed E-state index contributed by atoms with van der Waals surface area (Å²) in [5.74, 6) is -0.315. The number of amides is 1. The van der Waals surface area contributed by atoms with Gasteiger partial charge in [0.1, 0.15) is 10.8 Å². The van der Waals surface area contributed by atoms with Crippen LogP contribution in [-0.2, 0) is 0 Å². The van der Waals surface area contributed by atoms with E-state index in [9.17, 15) is 9.59 Å². The average Bonchev–Trinajstić information content (AvgIpc) is 2.56. The molecule has 0 radical (unpaired) electrons. The van der Waals surface area contributed by atoms with Crippen molar-refractivity contribution in [1.82, 2.24) is 10.3 Å². The van der Waals surface area contributed by atoms with E-state index in [1.807, 2.05) is 6.07 Å². The minimum absolute atomic E-state index is 0.0138. The van der Waals surface area contributed by atoms with Crippen molar-refractivity contribution >= 4 is 58.0 Å². The molecular formula is C15H11Cl2N3O2S. The van der Waals surface area contributed by atoms with E-state index in [-0.39, 0.29) is 32.6 Å². The zero-order valence-corrected chi connectivity index (χ0v) is 14.2. The number of benzene rings is 1. The molecule has 1 heterocycles. The highest BCUT2D eigenvalue weighted by Crippen LogP contribution is 2.29. The van der Waals surface area contributed by atoms with Crippen molar-refractivity contribution in [2.45, 2.75) is 0 Å². The molecule has 5 nitrogen and oxygen atoms in total. The highest BCUT2D eigenvalue weighted by Gasteiger charge is 2.13. The molecule has 0 saturated carbocycles. The van der Waals surface area contributed by atoms with Gasteiger partial charge in [0.2, 0.25) is 0 Å². The maximum atomic E-state index is 12.2. The number of hydrogen-bond acceptors (Lipinski definition) is 5. The van der Waals surface area contributed by atoms with Crippen LogP contribution in [0.15, 0.2) is 41.4 Å². The van der Waals surface area contributed by atoms with E-state index in [1.165, 1.54) is 17.8 Å². The first kappa shape index (κ1) is 17.5. The second-order valence-electron chi connectivity index (χ2n) is 4.23. The Labute approximate surface area is 147 Å². The maximum Gasteiger partial charge on any atom is 0.257 e. The first-order valence-electron chi connectivity index (χ1n) is 6.35. The van der Waals surface area contributed by atoms with Gasteiger partial charge in [-0.1, -0.05) is 53.2 Å². The Morgan fingerprint density at radius 2 is 2.00 bits per heavy atom. The fourth-order valence-corrected chi connectivity index (χ4v) is 2.55. The number of aromatic nitrogens is 1. The molecule has 0 bridgehead atoms. The van der Waals surface area contributed by atoms with Gasteiger partial charge >= 0.3 is 0 Å². The topological polar surface area (TPSA) is 71.4 Å². The monoisotopic (exact) mass is 367 g/mol. The standard InChI is InChI=1S/C15H11Cl2N3O2S/c1-23-15(20-14(22)9-5-3-2-4-6-9)19-12-10(8-21)7-11(16)18-13(12)17/h2-8H,1H3,(H,19,20,22). The molecule has 2 rings (SSSR count). The first-order valence-corrected chi connectivity index (χ1v) is 8.33. The number of hydrogen-bond donors (Lipinski definition) is 1. The average molecular weight is 368 g/mol. The molecule has 8 heteroatoms. The van der Waals surface area contributed by atoms with Crippen LogP contribution in [0.1, 0.15) is 20.7 Å². The molecule has 0 aliphatic heterocycles. The normalized spacial score (nSPS) is 11.2. The van der Waals surface area contributed by atoms with Crippen molar-refractivity contribution in [3.8, 4) is 0 Å². The number of thioether (sulfide) groups is 1. The van der Waals surface area contributed by atoms with Gasteiger partial charge in [-0.05, 0) is 24.5 Å². The molecule has 1 aromatic carbocycles. The number of halogens is 2. The van der Waals surface area contributed by atoms with Gasteiger partial charge in [-0.15, -0.1) is 0 Å². The molecule has 1 aromatic heterocycles. The molecule has 1 amide bonds. The van der Waals surface area contributed by atoms with Crippen LogP contribution in [0, 0.1) is 0 Å². The Hall–Kier alpha value is -1.89. The summed E-state index contributed by atoms with van der Waals surface area (Å²) < 4.78 is 0. The van der Waals surface area contributed by atoms with Crippen LogP contribution in [0.4, 0.5) is 5.69 Å². The fourth-order valence-electron chi connectivity index (χ4n) is 1.68. The highest BCUT2D eigenvalue weighted by atomic mass is 35.5. The minimum Gasteiger partial charge on any atom is -0.301 e. The SMILES string of the molecule is CS/C(=N/c1c(C=O)cc(Cl)nc1Cl)NC(=O)c1ccccc1. The number of pyridine rings is 1. The zero-order chi connectivity index (χ0) is 16.8. The number of carbonyl (C=O) groups excluding carboxylic acids is 2. The molecule has 2 aromatic rings. The van der Waals surface area contributed by atoms with E-state index in [2.05, 4.69) is 15.3 Å². The number of carbonyl (C=O) groups is 2. The van der Waals surface area contributed by atoms with Crippen molar-refractivity contribution in [2.24, 2.45) is 4.99 Å². The summed E-state index contributed by atoms with van der Waals surface area (Å²) >= 11 is 12.9. The van der Waals surface area contributed by atoms with Crippen LogP contribution >= 0.6 is 35.0 Å². The van der Waals surface area contributed by atoms with Gasteiger partial charge in [0.15, 0.2) is 16.6 Å². The zero-order valence-electron chi connectivity index (χ0n) is 11.9. The second kappa shape index (κ2) is 8.10. The van der Waals surface area contributed by atoms with Gasteiger partial charge in [-0.3, -0.25) is 9.59 Å². The van der Waals surface area contributed by atoms with E-state index < -0.39 is 0 Å². The molecule has 0 aliphatic carbocycles. The summed E-state index contributed by atoms with van der Waals surface area (Å²) in [6.07, 6.45) is 2.32. The quantitative estimate of drug-likeness (QED) is 0.385. The van der Waals surface area contributed by atoms with Gasteiger partial charge in [-0.25, -0.2) is 9.98 Å². The molecule has 0 unspecified atom stereocenters. The molecular weight excluding hydrogens is 357 g/mol. The molecule has 1 N–H and O–H groups in total. The number of nitrogens with one attached hydrogen (secondary N) is 1. The number of rotatable bonds is 3. The Morgan fingerprint density at radius 1 is 1.30 bits per heavy atom. The molecule has 118 valence electrons. The van der Waals surface area contributed by atoms with Gasteiger partial charge < -0.3 is 5.32 Å². The van der Waals surface area contributed by atoms with E-state index in [0.717, 1.165) is 0 Å². The van der Waals surface area contributed by atoms with Crippen LogP contribution in [0.3, 0.4) is 0 Å². The molecule has 0 saturated heterocycles. The lowest BCUT2D eigenvalue weighted by molar-refractivity contribution is 0.0977. The summed E-state index contributed by atoms with van der Waals surface area (Å²) in [5, 5.41) is 3.03. The van der Waals surface area contributed by atoms with Crippen molar-refractivity contribution in [2.75, 3.05) is 6.26 Å². The highest BCUT2D eigenvalue weighted by molar-refractivity contribution is 8.13. The lowest BCUT2D eigenvalue weighted by Crippen LogP contribution is -2.28. The van der Waals surface area contributed by atoms with E-state index >= 15 is 0 Å². The number of nitrogens with zero attached hydrogens (tertiary/aromatic N) is 2. The van der Waals surface area contributed by atoms with E-state index in [4.69, 9.17) is 23.2 Å². The van der Waals surface area contributed by atoms with E-state index in [1.54, 1.807) is 30.5 Å². The predicted molar refractivity (Wildman–Crippen MR) is 94.2 cm³/mol. The van der Waals surface area contributed by atoms with Gasteiger partial charge in [0, 0.05) is 11.1 Å². The second-order valence-corrected chi connectivity index (χ2v) is 5.77. The lowest BCUT2D eigenvalue weighted by Gasteiger charge is -2.08. The molecule has 23 heavy (non-hydrogen) atoms. The Bertz CT molecular complexity index is 767. The van der Waals surface area contributed by atoms with E-state index in [0.29, 0.717) is 11.8 Å². The maximum absolute atomic E-state index is 12.2. The Kier molecular flexibility index (Phi) is 6.15. The summed E-state index contributed by atoms with van der Waals surface area (Å²) in [7, 11) is 0. The van der Waals surface area contributed by atoms with Crippen LogP contribution < -0.4 is 5.32 Å². The first-order chi connectivity index (χ1) is 11.0. The van der Waals surface area contributed by atoms with Crippen LogP contribution in [0.5, 0.6) is 0 Å². The lowest BCUT2D eigenvalue weighted by atomic mass is 10.2. The molecule has 0 atom stereocenters. The van der Waals surface area contributed by atoms with Gasteiger partial charge in [-0.2, -0.15) is 0 Å².